The van der Waals surface area contributed by atoms with Crippen LogP contribution in [-0.2, 0) is 13.5 Å². The molecule has 96 valence electrons. The smallest absolute Gasteiger partial charge is 0.0847 e. The third-order valence-corrected chi connectivity index (χ3v) is 4.35. The van der Waals surface area contributed by atoms with E-state index in [1.54, 1.807) is 0 Å². The molecular formula is C13H22ClN3. The maximum Gasteiger partial charge on any atom is 0.0847 e. The first-order chi connectivity index (χ1) is 8.13. The van der Waals surface area contributed by atoms with Crippen molar-refractivity contribution in [2.45, 2.75) is 45.6 Å². The molecule has 1 fully saturated rings. The summed E-state index contributed by atoms with van der Waals surface area (Å²) in [7, 11) is 1.98. The SMILES string of the molecule is CCNC(Cc1c(Cl)c(C)nn1C)C1CCC1. The molecule has 0 bridgehead atoms. The van der Waals surface area contributed by atoms with Gasteiger partial charge in [0.15, 0.2) is 0 Å². The van der Waals surface area contributed by atoms with E-state index in [2.05, 4.69) is 17.3 Å². The third-order valence-electron chi connectivity index (χ3n) is 3.86. The summed E-state index contributed by atoms with van der Waals surface area (Å²) in [6.07, 6.45) is 5.08. The summed E-state index contributed by atoms with van der Waals surface area (Å²) >= 11 is 6.31. The van der Waals surface area contributed by atoms with Gasteiger partial charge in [-0.25, -0.2) is 0 Å². The van der Waals surface area contributed by atoms with Gasteiger partial charge in [-0.2, -0.15) is 5.10 Å². The van der Waals surface area contributed by atoms with Crippen LogP contribution < -0.4 is 5.32 Å². The molecule has 1 aliphatic rings. The van der Waals surface area contributed by atoms with Crippen molar-refractivity contribution in [3.8, 4) is 0 Å². The Morgan fingerprint density at radius 1 is 1.53 bits per heavy atom. The van der Waals surface area contributed by atoms with Crippen molar-refractivity contribution in [2.24, 2.45) is 13.0 Å². The number of nitrogens with one attached hydrogen (secondary N) is 1. The molecule has 4 heteroatoms. The zero-order valence-electron chi connectivity index (χ0n) is 11.0. The van der Waals surface area contributed by atoms with Crippen molar-refractivity contribution < 1.29 is 0 Å². The van der Waals surface area contributed by atoms with Crippen LogP contribution in [0.4, 0.5) is 0 Å². The van der Waals surface area contributed by atoms with Gasteiger partial charge in [-0.1, -0.05) is 24.9 Å². The van der Waals surface area contributed by atoms with Gasteiger partial charge in [0.25, 0.3) is 0 Å². The summed E-state index contributed by atoms with van der Waals surface area (Å²) in [6, 6.07) is 0.557. The normalized spacial score (nSPS) is 18.1. The highest BCUT2D eigenvalue weighted by Crippen LogP contribution is 2.32. The monoisotopic (exact) mass is 255 g/mol. The van der Waals surface area contributed by atoms with Gasteiger partial charge < -0.3 is 5.32 Å². The molecule has 1 unspecified atom stereocenters. The van der Waals surface area contributed by atoms with E-state index in [-0.39, 0.29) is 0 Å². The van der Waals surface area contributed by atoms with Gasteiger partial charge in [0, 0.05) is 19.5 Å². The molecule has 1 saturated carbocycles. The first-order valence-electron chi connectivity index (χ1n) is 6.54. The quantitative estimate of drug-likeness (QED) is 0.877. The number of rotatable bonds is 5. The lowest BCUT2D eigenvalue weighted by Crippen LogP contribution is -2.41. The van der Waals surface area contributed by atoms with Crippen molar-refractivity contribution in [3.63, 3.8) is 0 Å². The molecule has 1 heterocycles. The summed E-state index contributed by atoms with van der Waals surface area (Å²) in [4.78, 5) is 0. The topological polar surface area (TPSA) is 29.9 Å². The molecular weight excluding hydrogens is 234 g/mol. The lowest BCUT2D eigenvalue weighted by atomic mass is 9.78. The highest BCUT2D eigenvalue weighted by atomic mass is 35.5. The second-order valence-corrected chi connectivity index (χ2v) is 5.41. The number of halogens is 1. The summed E-state index contributed by atoms with van der Waals surface area (Å²) in [5.41, 5.74) is 2.11. The maximum absolute atomic E-state index is 6.31. The minimum atomic E-state index is 0.557. The van der Waals surface area contributed by atoms with Gasteiger partial charge in [-0.3, -0.25) is 4.68 Å². The molecule has 17 heavy (non-hydrogen) atoms. The average molecular weight is 256 g/mol. The summed E-state index contributed by atoms with van der Waals surface area (Å²) in [5, 5.41) is 8.82. The molecule has 1 aromatic heterocycles. The van der Waals surface area contributed by atoms with Crippen molar-refractivity contribution in [2.75, 3.05) is 6.54 Å². The number of nitrogens with zero attached hydrogens (tertiary/aromatic N) is 2. The molecule has 1 N–H and O–H groups in total. The molecule has 3 nitrogen and oxygen atoms in total. The number of hydrogen-bond acceptors (Lipinski definition) is 2. The average Bonchev–Trinajstić information content (AvgIpc) is 2.43. The standard InChI is InChI=1S/C13H22ClN3/c1-4-15-11(10-6-5-7-10)8-12-13(14)9(2)16-17(12)3/h10-11,15H,4-8H2,1-3H3. The predicted molar refractivity (Wildman–Crippen MR) is 71.5 cm³/mol. The van der Waals surface area contributed by atoms with Gasteiger partial charge in [0.2, 0.25) is 0 Å². The van der Waals surface area contributed by atoms with Gasteiger partial charge in [-0.05, 0) is 32.2 Å². The second kappa shape index (κ2) is 5.40. The van der Waals surface area contributed by atoms with E-state index in [0.29, 0.717) is 6.04 Å². The summed E-state index contributed by atoms with van der Waals surface area (Å²) in [6.45, 7) is 5.16. The highest BCUT2D eigenvalue weighted by Gasteiger charge is 2.28. The van der Waals surface area contributed by atoms with Gasteiger partial charge in [0.05, 0.1) is 16.4 Å². The van der Waals surface area contributed by atoms with Crippen molar-refractivity contribution >= 4 is 11.6 Å². The zero-order chi connectivity index (χ0) is 12.4. The van der Waals surface area contributed by atoms with E-state index < -0.39 is 0 Å². The van der Waals surface area contributed by atoms with E-state index in [1.165, 1.54) is 25.0 Å². The first-order valence-corrected chi connectivity index (χ1v) is 6.92. The van der Waals surface area contributed by atoms with Gasteiger partial charge in [0.1, 0.15) is 0 Å². The van der Waals surface area contributed by atoms with Crippen molar-refractivity contribution in [3.05, 3.63) is 16.4 Å². The first kappa shape index (κ1) is 12.9. The molecule has 2 rings (SSSR count). The Balaban J connectivity index is 2.10. The van der Waals surface area contributed by atoms with E-state index in [0.717, 1.165) is 29.6 Å². The number of aryl methyl sites for hydroxylation is 2. The molecule has 0 saturated heterocycles. The lowest BCUT2D eigenvalue weighted by molar-refractivity contribution is 0.227. The molecule has 1 aromatic rings. The van der Waals surface area contributed by atoms with Crippen LogP contribution in [0.2, 0.25) is 5.02 Å². The molecule has 1 atom stereocenters. The van der Waals surface area contributed by atoms with Crippen LogP contribution in [-0.4, -0.2) is 22.4 Å². The fourth-order valence-corrected chi connectivity index (χ4v) is 2.86. The van der Waals surface area contributed by atoms with Crippen molar-refractivity contribution in [1.29, 1.82) is 0 Å². The third kappa shape index (κ3) is 2.66. The Morgan fingerprint density at radius 3 is 2.65 bits per heavy atom. The Bertz CT molecular complexity index is 382. The number of likely N-dealkylation sites (N-methyl/N-ethyl adjacent to an activating group) is 1. The van der Waals surface area contributed by atoms with Crippen LogP contribution in [0.3, 0.4) is 0 Å². The molecule has 0 spiro atoms. The number of aromatic nitrogens is 2. The highest BCUT2D eigenvalue weighted by molar-refractivity contribution is 6.31. The molecule has 0 amide bonds. The van der Waals surface area contributed by atoms with E-state index in [9.17, 15) is 0 Å². The van der Waals surface area contributed by atoms with Crippen LogP contribution in [0.5, 0.6) is 0 Å². The maximum atomic E-state index is 6.31. The lowest BCUT2D eigenvalue weighted by Gasteiger charge is -2.34. The molecule has 0 aromatic carbocycles. The van der Waals surface area contributed by atoms with Crippen LogP contribution in [0.1, 0.15) is 37.6 Å². The van der Waals surface area contributed by atoms with Crippen LogP contribution in [0.25, 0.3) is 0 Å². The molecule has 0 radical (unpaired) electrons. The van der Waals surface area contributed by atoms with E-state index >= 15 is 0 Å². The minimum Gasteiger partial charge on any atom is -0.314 e. The van der Waals surface area contributed by atoms with Crippen LogP contribution >= 0.6 is 11.6 Å². The van der Waals surface area contributed by atoms with Gasteiger partial charge in [-0.15, -0.1) is 0 Å². The summed E-state index contributed by atoms with van der Waals surface area (Å²) < 4.78 is 1.93. The van der Waals surface area contributed by atoms with Gasteiger partial charge >= 0.3 is 0 Å². The van der Waals surface area contributed by atoms with Crippen molar-refractivity contribution in [1.82, 2.24) is 15.1 Å². The second-order valence-electron chi connectivity index (χ2n) is 5.03. The van der Waals surface area contributed by atoms with Crippen LogP contribution in [0.15, 0.2) is 0 Å². The molecule has 0 aliphatic heterocycles. The Labute approximate surface area is 109 Å². The van der Waals surface area contributed by atoms with E-state index in [4.69, 9.17) is 11.6 Å². The minimum absolute atomic E-state index is 0.557. The molecule has 1 aliphatic carbocycles. The Hall–Kier alpha value is -0.540. The largest absolute Gasteiger partial charge is 0.314 e. The fraction of sp³-hybridized carbons (Fsp3) is 0.769. The number of hydrogen-bond donors (Lipinski definition) is 1. The zero-order valence-corrected chi connectivity index (χ0v) is 11.7. The predicted octanol–water partition coefficient (Wildman–Crippen LogP) is 2.70. The summed E-state index contributed by atoms with van der Waals surface area (Å²) in [5.74, 6) is 0.821. The Kier molecular flexibility index (Phi) is 4.10. The Morgan fingerprint density at radius 2 is 2.24 bits per heavy atom. The fourth-order valence-electron chi connectivity index (χ4n) is 2.62. The van der Waals surface area contributed by atoms with Crippen LogP contribution in [0, 0.1) is 12.8 Å². The van der Waals surface area contributed by atoms with E-state index in [1.807, 2.05) is 18.7 Å².